The predicted octanol–water partition coefficient (Wildman–Crippen LogP) is 3.01. The van der Waals surface area contributed by atoms with Crippen LogP contribution in [0.4, 0.5) is 0 Å². The first-order valence-electron chi connectivity index (χ1n) is 9.25. The van der Waals surface area contributed by atoms with Crippen molar-refractivity contribution in [3.05, 3.63) is 35.9 Å². The molecule has 1 aromatic carbocycles. The van der Waals surface area contributed by atoms with Crippen molar-refractivity contribution in [2.24, 2.45) is 10.3 Å². The zero-order valence-electron chi connectivity index (χ0n) is 17.1. The van der Waals surface area contributed by atoms with Gasteiger partial charge in [0.15, 0.2) is 0 Å². The Morgan fingerprint density at radius 3 is 2.11 bits per heavy atom. The van der Waals surface area contributed by atoms with E-state index >= 15 is 0 Å². The van der Waals surface area contributed by atoms with Crippen LogP contribution in [0.1, 0.15) is 46.6 Å². The highest BCUT2D eigenvalue weighted by atomic mass is 16.5. The Bertz CT molecular complexity index is 613. The fourth-order valence-electron chi connectivity index (χ4n) is 2.42. The van der Waals surface area contributed by atoms with Gasteiger partial charge in [-0.25, -0.2) is 0 Å². The molecule has 0 saturated carbocycles. The Morgan fingerprint density at radius 2 is 1.56 bits per heavy atom. The van der Waals surface area contributed by atoms with Gasteiger partial charge in [0.1, 0.15) is 5.71 Å². The van der Waals surface area contributed by atoms with Crippen LogP contribution in [0.2, 0.25) is 0 Å². The molecular formula is C20H34N4O3. The predicted molar refractivity (Wildman–Crippen MR) is 109 cm³/mol. The second-order valence-electron chi connectivity index (χ2n) is 7.67. The van der Waals surface area contributed by atoms with Gasteiger partial charge in [-0.2, -0.15) is 0 Å². The molecule has 1 aromatic rings. The van der Waals surface area contributed by atoms with Gasteiger partial charge in [0.25, 0.3) is 0 Å². The summed E-state index contributed by atoms with van der Waals surface area (Å²) in [5.74, 6) is 0. The van der Waals surface area contributed by atoms with Gasteiger partial charge < -0.3 is 25.8 Å². The first kappa shape index (κ1) is 23.1. The third kappa shape index (κ3) is 8.07. The molecule has 0 unspecified atom stereocenters. The Hall–Kier alpha value is -1.96. The number of hydrogen-bond acceptors (Lipinski definition) is 7. The zero-order valence-corrected chi connectivity index (χ0v) is 17.1. The van der Waals surface area contributed by atoms with Crippen molar-refractivity contribution >= 4 is 11.4 Å². The van der Waals surface area contributed by atoms with Crippen LogP contribution in [0.25, 0.3) is 0 Å². The molecule has 0 radical (unpaired) electrons. The van der Waals surface area contributed by atoms with E-state index in [2.05, 4.69) is 20.9 Å². The molecule has 0 atom stereocenters. The number of nitrogens with one attached hydrogen (secondary N) is 2. The van der Waals surface area contributed by atoms with Crippen LogP contribution < -0.4 is 10.6 Å². The van der Waals surface area contributed by atoms with Gasteiger partial charge in [-0.1, -0.05) is 40.6 Å². The van der Waals surface area contributed by atoms with E-state index < -0.39 is 5.54 Å². The lowest BCUT2D eigenvalue weighted by molar-refractivity contribution is 0.150. The number of hydrogen-bond donors (Lipinski definition) is 4. The van der Waals surface area contributed by atoms with Crippen LogP contribution in [-0.4, -0.2) is 52.6 Å². The molecule has 0 bridgehead atoms. The summed E-state index contributed by atoms with van der Waals surface area (Å²) in [6.07, 6.45) is 0.870. The highest BCUT2D eigenvalue weighted by molar-refractivity contribution is 5.93. The van der Waals surface area contributed by atoms with Crippen molar-refractivity contribution in [2.45, 2.75) is 58.7 Å². The second-order valence-corrected chi connectivity index (χ2v) is 7.67. The van der Waals surface area contributed by atoms with Crippen molar-refractivity contribution in [1.82, 2.24) is 10.6 Å². The lowest BCUT2D eigenvalue weighted by Crippen LogP contribution is -2.50. The van der Waals surface area contributed by atoms with E-state index in [1.54, 1.807) is 6.92 Å². The second kappa shape index (κ2) is 11.0. The van der Waals surface area contributed by atoms with Gasteiger partial charge in [-0.15, -0.1) is 0 Å². The van der Waals surface area contributed by atoms with Crippen molar-refractivity contribution in [1.29, 1.82) is 0 Å². The van der Waals surface area contributed by atoms with Crippen molar-refractivity contribution in [2.75, 3.05) is 19.7 Å². The highest BCUT2D eigenvalue weighted by Crippen LogP contribution is 2.09. The quantitative estimate of drug-likeness (QED) is 0.194. The van der Waals surface area contributed by atoms with Crippen LogP contribution in [0, 0.1) is 0 Å². The van der Waals surface area contributed by atoms with Gasteiger partial charge in [0.2, 0.25) is 0 Å². The van der Waals surface area contributed by atoms with Crippen molar-refractivity contribution in [3.8, 4) is 0 Å². The molecule has 1 rings (SSSR count). The monoisotopic (exact) mass is 378 g/mol. The molecule has 0 aromatic heterocycles. The molecule has 0 fully saturated rings. The Labute approximate surface area is 162 Å². The maximum absolute atomic E-state index is 9.38. The standard InChI is InChI=1S/C20H34N4O3/c1-16(23-25)19(2,3)21-12-9-13-22-20(4,5)18(24-26)15-27-14-17-10-7-6-8-11-17/h6-8,10-11,21-22,25-26H,9,12-15H2,1-5H3/b23-16+,24-18+. The zero-order chi connectivity index (χ0) is 20.3. The first-order valence-corrected chi connectivity index (χ1v) is 9.25. The molecular weight excluding hydrogens is 344 g/mol. The van der Waals surface area contributed by atoms with Gasteiger partial charge in [-0.3, -0.25) is 0 Å². The average Bonchev–Trinajstić information content (AvgIpc) is 2.64. The summed E-state index contributed by atoms with van der Waals surface area (Å²) in [6, 6.07) is 9.89. The van der Waals surface area contributed by atoms with E-state index in [-0.39, 0.29) is 12.1 Å². The van der Waals surface area contributed by atoms with E-state index in [1.165, 1.54) is 0 Å². The third-order valence-electron chi connectivity index (χ3n) is 4.73. The van der Waals surface area contributed by atoms with Gasteiger partial charge in [0.05, 0.1) is 30.0 Å². The van der Waals surface area contributed by atoms with Gasteiger partial charge in [-0.05, 0) is 59.7 Å². The average molecular weight is 379 g/mol. The number of benzene rings is 1. The van der Waals surface area contributed by atoms with Crippen LogP contribution in [0.5, 0.6) is 0 Å². The van der Waals surface area contributed by atoms with Crippen LogP contribution in [0.3, 0.4) is 0 Å². The van der Waals surface area contributed by atoms with Crippen molar-refractivity contribution in [3.63, 3.8) is 0 Å². The lowest BCUT2D eigenvalue weighted by Gasteiger charge is -2.28. The SMILES string of the molecule is C/C(=N\O)C(C)(C)NCCCNC(C)(C)/C(COCc1ccccc1)=N/O. The molecule has 0 aliphatic rings. The number of rotatable bonds is 12. The Kier molecular flexibility index (Phi) is 9.41. The summed E-state index contributed by atoms with van der Waals surface area (Å²) >= 11 is 0. The fraction of sp³-hybridized carbons (Fsp3) is 0.600. The molecule has 27 heavy (non-hydrogen) atoms. The lowest BCUT2D eigenvalue weighted by atomic mass is 9.98. The fourth-order valence-corrected chi connectivity index (χ4v) is 2.42. The Morgan fingerprint density at radius 1 is 0.963 bits per heavy atom. The summed E-state index contributed by atoms with van der Waals surface area (Å²) in [7, 11) is 0. The topological polar surface area (TPSA) is 98.5 Å². The van der Waals surface area contributed by atoms with Crippen LogP contribution in [0.15, 0.2) is 40.6 Å². The molecule has 0 aliphatic carbocycles. The van der Waals surface area contributed by atoms with Crippen LogP contribution >= 0.6 is 0 Å². The molecule has 0 saturated heterocycles. The Balaban J connectivity index is 2.37. The van der Waals surface area contributed by atoms with E-state index in [0.717, 1.165) is 25.1 Å². The summed E-state index contributed by atoms with van der Waals surface area (Å²) in [4.78, 5) is 0. The minimum Gasteiger partial charge on any atom is -0.411 e. The van der Waals surface area contributed by atoms with E-state index in [4.69, 9.17) is 9.94 Å². The molecule has 4 N–H and O–H groups in total. The van der Waals surface area contributed by atoms with Crippen molar-refractivity contribution < 1.29 is 15.2 Å². The summed E-state index contributed by atoms with van der Waals surface area (Å²) in [5.41, 5.74) is 1.43. The maximum Gasteiger partial charge on any atom is 0.102 e. The first-order chi connectivity index (χ1) is 12.7. The molecule has 0 aliphatic heterocycles. The number of nitrogens with zero attached hydrogens (tertiary/aromatic N) is 2. The van der Waals surface area contributed by atoms with Gasteiger partial charge >= 0.3 is 0 Å². The summed E-state index contributed by atoms with van der Waals surface area (Å²) in [6.45, 7) is 11.9. The third-order valence-corrected chi connectivity index (χ3v) is 4.73. The number of oxime groups is 2. The normalized spacial score (nSPS) is 13.8. The smallest absolute Gasteiger partial charge is 0.102 e. The van der Waals surface area contributed by atoms with E-state index in [0.29, 0.717) is 18.0 Å². The largest absolute Gasteiger partial charge is 0.411 e. The molecule has 0 spiro atoms. The maximum atomic E-state index is 9.38. The van der Waals surface area contributed by atoms with E-state index in [9.17, 15) is 5.21 Å². The summed E-state index contributed by atoms with van der Waals surface area (Å²) < 4.78 is 5.69. The van der Waals surface area contributed by atoms with E-state index in [1.807, 2.05) is 58.0 Å². The minimum atomic E-state index is -0.483. The molecule has 0 heterocycles. The molecule has 7 heteroatoms. The summed E-state index contributed by atoms with van der Waals surface area (Å²) in [5, 5.41) is 31.7. The molecule has 0 amide bonds. The molecule has 7 nitrogen and oxygen atoms in total. The minimum absolute atomic E-state index is 0.253. The number of ether oxygens (including phenoxy) is 1. The highest BCUT2D eigenvalue weighted by Gasteiger charge is 2.25. The van der Waals surface area contributed by atoms with Gasteiger partial charge in [0, 0.05) is 0 Å². The molecule has 152 valence electrons. The van der Waals surface area contributed by atoms with Crippen LogP contribution in [-0.2, 0) is 11.3 Å².